The van der Waals surface area contributed by atoms with E-state index in [-0.39, 0.29) is 9.85 Å². The SMILES string of the molecule is Fc1c(Cl)cccc1C(Br)c1ccc2c(c1)OCCO2. The van der Waals surface area contributed by atoms with Crippen molar-refractivity contribution < 1.29 is 13.9 Å². The van der Waals surface area contributed by atoms with Gasteiger partial charge in [0.05, 0.1) is 9.85 Å². The number of ether oxygens (including phenoxy) is 2. The minimum Gasteiger partial charge on any atom is -0.486 e. The highest BCUT2D eigenvalue weighted by molar-refractivity contribution is 9.09. The highest BCUT2D eigenvalue weighted by Crippen LogP contribution is 2.39. The molecule has 0 bridgehead atoms. The fourth-order valence-corrected chi connectivity index (χ4v) is 2.93. The van der Waals surface area contributed by atoms with Crippen molar-refractivity contribution in [1.29, 1.82) is 0 Å². The van der Waals surface area contributed by atoms with Gasteiger partial charge in [-0.25, -0.2) is 4.39 Å². The van der Waals surface area contributed by atoms with Crippen LogP contribution in [0.2, 0.25) is 5.02 Å². The predicted octanol–water partition coefficient (Wildman–Crippen LogP) is 4.73. The van der Waals surface area contributed by atoms with Crippen LogP contribution in [0, 0.1) is 5.82 Å². The second kappa shape index (κ2) is 5.62. The van der Waals surface area contributed by atoms with Crippen molar-refractivity contribution in [2.24, 2.45) is 0 Å². The van der Waals surface area contributed by atoms with E-state index in [1.165, 1.54) is 6.07 Å². The topological polar surface area (TPSA) is 18.5 Å². The summed E-state index contributed by atoms with van der Waals surface area (Å²) < 4.78 is 25.1. The Kier molecular flexibility index (Phi) is 3.85. The molecule has 1 heterocycles. The summed E-state index contributed by atoms with van der Waals surface area (Å²) in [5, 5.41) is 0.115. The first kappa shape index (κ1) is 13.7. The average Bonchev–Trinajstić information content (AvgIpc) is 2.49. The number of fused-ring (bicyclic) bond motifs is 1. The summed E-state index contributed by atoms with van der Waals surface area (Å²) in [6.45, 7) is 1.07. The van der Waals surface area contributed by atoms with Crippen molar-refractivity contribution in [2.75, 3.05) is 13.2 Å². The smallest absolute Gasteiger partial charge is 0.161 e. The fraction of sp³-hybridized carbons (Fsp3) is 0.200. The van der Waals surface area contributed by atoms with E-state index >= 15 is 0 Å². The summed E-state index contributed by atoms with van der Waals surface area (Å²) >= 11 is 9.33. The van der Waals surface area contributed by atoms with E-state index in [9.17, 15) is 4.39 Å². The summed E-state index contributed by atoms with van der Waals surface area (Å²) in [7, 11) is 0. The Morgan fingerprint density at radius 2 is 1.85 bits per heavy atom. The third-order valence-electron chi connectivity index (χ3n) is 3.11. The maximum Gasteiger partial charge on any atom is 0.161 e. The molecule has 2 aromatic carbocycles. The monoisotopic (exact) mass is 356 g/mol. The predicted molar refractivity (Wildman–Crippen MR) is 79.6 cm³/mol. The Labute approximate surface area is 129 Å². The van der Waals surface area contributed by atoms with Gasteiger partial charge in [0.2, 0.25) is 0 Å². The Morgan fingerprint density at radius 1 is 1.10 bits per heavy atom. The van der Waals surface area contributed by atoms with Crippen LogP contribution in [0.5, 0.6) is 11.5 Å². The molecule has 1 atom stereocenters. The minimum atomic E-state index is -0.411. The lowest BCUT2D eigenvalue weighted by molar-refractivity contribution is 0.171. The van der Waals surface area contributed by atoms with E-state index in [1.54, 1.807) is 12.1 Å². The first-order valence-corrected chi connectivity index (χ1v) is 7.43. The molecule has 0 fully saturated rings. The van der Waals surface area contributed by atoms with Gasteiger partial charge in [-0.2, -0.15) is 0 Å². The first-order chi connectivity index (χ1) is 9.66. The van der Waals surface area contributed by atoms with Crippen molar-refractivity contribution >= 4 is 27.5 Å². The van der Waals surface area contributed by atoms with Crippen LogP contribution >= 0.6 is 27.5 Å². The third-order valence-corrected chi connectivity index (χ3v) is 4.43. The molecule has 0 spiro atoms. The summed E-state index contributed by atoms with van der Waals surface area (Å²) in [5.41, 5.74) is 1.38. The van der Waals surface area contributed by atoms with Crippen molar-refractivity contribution in [3.63, 3.8) is 0 Å². The Bertz CT molecular complexity index is 648. The van der Waals surface area contributed by atoms with Crippen molar-refractivity contribution in [3.05, 3.63) is 58.4 Å². The van der Waals surface area contributed by atoms with E-state index in [0.29, 0.717) is 30.3 Å². The highest BCUT2D eigenvalue weighted by Gasteiger charge is 2.19. The largest absolute Gasteiger partial charge is 0.486 e. The molecule has 1 unspecified atom stereocenters. The van der Waals surface area contributed by atoms with Crippen LogP contribution in [-0.2, 0) is 0 Å². The van der Waals surface area contributed by atoms with Crippen molar-refractivity contribution in [2.45, 2.75) is 4.83 Å². The molecule has 0 saturated carbocycles. The van der Waals surface area contributed by atoms with Crippen LogP contribution < -0.4 is 9.47 Å². The molecule has 0 amide bonds. The number of rotatable bonds is 2. The first-order valence-electron chi connectivity index (χ1n) is 6.14. The van der Waals surface area contributed by atoms with Gasteiger partial charge in [-0.05, 0) is 23.8 Å². The zero-order valence-corrected chi connectivity index (χ0v) is 12.7. The van der Waals surface area contributed by atoms with Gasteiger partial charge in [-0.15, -0.1) is 0 Å². The summed E-state index contributed by atoms with van der Waals surface area (Å²) in [6, 6.07) is 10.5. The normalized spacial score (nSPS) is 14.9. The molecule has 20 heavy (non-hydrogen) atoms. The van der Waals surface area contributed by atoms with Gasteiger partial charge in [0.1, 0.15) is 19.0 Å². The van der Waals surface area contributed by atoms with Gasteiger partial charge >= 0.3 is 0 Å². The second-order valence-corrected chi connectivity index (χ2v) is 5.73. The van der Waals surface area contributed by atoms with Gasteiger partial charge in [0.25, 0.3) is 0 Å². The van der Waals surface area contributed by atoms with E-state index in [4.69, 9.17) is 21.1 Å². The van der Waals surface area contributed by atoms with E-state index in [1.807, 2.05) is 18.2 Å². The molecule has 0 aromatic heterocycles. The Balaban J connectivity index is 1.98. The minimum absolute atomic E-state index is 0.115. The van der Waals surface area contributed by atoms with Gasteiger partial charge in [0.15, 0.2) is 11.5 Å². The molecule has 1 aliphatic rings. The third kappa shape index (κ3) is 2.50. The number of benzene rings is 2. The number of hydrogen-bond donors (Lipinski definition) is 0. The molecule has 5 heteroatoms. The Morgan fingerprint density at radius 3 is 2.65 bits per heavy atom. The molecular weight excluding hydrogens is 347 g/mol. The Hall–Kier alpha value is -1.26. The standard InChI is InChI=1S/C15H11BrClFO2/c16-14(10-2-1-3-11(17)15(10)18)9-4-5-12-13(8-9)20-7-6-19-12/h1-5,8,14H,6-7H2. The number of hydrogen-bond acceptors (Lipinski definition) is 2. The highest BCUT2D eigenvalue weighted by atomic mass is 79.9. The maximum absolute atomic E-state index is 14.1. The van der Waals surface area contributed by atoms with E-state index < -0.39 is 5.82 Å². The number of alkyl halides is 1. The number of halogens is 3. The van der Waals surface area contributed by atoms with Gasteiger partial charge in [0, 0.05) is 5.56 Å². The zero-order chi connectivity index (χ0) is 14.1. The van der Waals surface area contributed by atoms with Crippen molar-refractivity contribution in [3.8, 4) is 11.5 Å². The maximum atomic E-state index is 14.1. The van der Waals surface area contributed by atoms with Gasteiger partial charge in [-0.3, -0.25) is 0 Å². The molecular formula is C15H11BrClFO2. The lowest BCUT2D eigenvalue weighted by atomic mass is 10.0. The molecule has 104 valence electrons. The quantitative estimate of drug-likeness (QED) is 0.723. The van der Waals surface area contributed by atoms with Crippen LogP contribution in [0.25, 0.3) is 0 Å². The van der Waals surface area contributed by atoms with Crippen LogP contribution in [0.4, 0.5) is 4.39 Å². The molecule has 0 aliphatic carbocycles. The lowest BCUT2D eigenvalue weighted by Crippen LogP contribution is -2.15. The molecule has 1 aliphatic heterocycles. The molecule has 0 N–H and O–H groups in total. The van der Waals surface area contributed by atoms with Crippen molar-refractivity contribution in [1.82, 2.24) is 0 Å². The fourth-order valence-electron chi connectivity index (χ4n) is 2.11. The van der Waals surface area contributed by atoms with Crippen LogP contribution in [0.3, 0.4) is 0 Å². The van der Waals surface area contributed by atoms with Gasteiger partial charge in [-0.1, -0.05) is 45.7 Å². The van der Waals surface area contributed by atoms with E-state index in [0.717, 1.165) is 5.56 Å². The average molecular weight is 358 g/mol. The van der Waals surface area contributed by atoms with Gasteiger partial charge < -0.3 is 9.47 Å². The zero-order valence-electron chi connectivity index (χ0n) is 10.4. The van der Waals surface area contributed by atoms with E-state index in [2.05, 4.69) is 15.9 Å². The molecule has 0 radical (unpaired) electrons. The molecule has 2 aromatic rings. The second-order valence-electron chi connectivity index (χ2n) is 4.41. The summed E-state index contributed by atoms with van der Waals surface area (Å²) in [4.78, 5) is -0.294. The van der Waals surface area contributed by atoms with Crippen LogP contribution in [0.15, 0.2) is 36.4 Å². The summed E-state index contributed by atoms with van der Waals surface area (Å²) in [6.07, 6.45) is 0. The molecule has 2 nitrogen and oxygen atoms in total. The lowest BCUT2D eigenvalue weighted by Gasteiger charge is -2.20. The molecule has 0 saturated heterocycles. The molecule has 3 rings (SSSR count). The summed E-state index contributed by atoms with van der Waals surface area (Å²) in [5.74, 6) is 0.984. The van der Waals surface area contributed by atoms with Crippen LogP contribution in [-0.4, -0.2) is 13.2 Å². The van der Waals surface area contributed by atoms with Crippen LogP contribution in [0.1, 0.15) is 16.0 Å².